The minimum Gasteiger partial charge on any atom is -0.396 e. The van der Waals surface area contributed by atoms with E-state index < -0.39 is 15.7 Å². The van der Waals surface area contributed by atoms with E-state index in [9.17, 15) is 13.2 Å². The third kappa shape index (κ3) is 4.01. The molecular weight excluding hydrogens is 472 g/mol. The van der Waals surface area contributed by atoms with Gasteiger partial charge in [-0.2, -0.15) is 0 Å². The number of anilines is 1. The summed E-state index contributed by atoms with van der Waals surface area (Å²) >= 11 is 0. The second-order valence-electron chi connectivity index (χ2n) is 8.52. The maximum atomic E-state index is 13.5. The minimum absolute atomic E-state index is 0.0456. The van der Waals surface area contributed by atoms with Gasteiger partial charge in [-0.3, -0.25) is 4.79 Å². The number of rotatable bonds is 6. The molecule has 0 radical (unpaired) electrons. The van der Waals surface area contributed by atoms with E-state index in [1.54, 1.807) is 18.2 Å². The van der Waals surface area contributed by atoms with Crippen molar-refractivity contribution < 1.29 is 13.2 Å². The topological polar surface area (TPSA) is 121 Å². The van der Waals surface area contributed by atoms with Gasteiger partial charge in [-0.05, 0) is 41.8 Å². The summed E-state index contributed by atoms with van der Waals surface area (Å²) in [6.07, 6.45) is 0. The van der Waals surface area contributed by atoms with Gasteiger partial charge < -0.3 is 16.0 Å². The molecule has 0 saturated heterocycles. The predicted molar refractivity (Wildman–Crippen MR) is 140 cm³/mol. The molecule has 0 unspecified atom stereocenters. The molecule has 5 rings (SSSR count). The van der Waals surface area contributed by atoms with Gasteiger partial charge in [0.15, 0.2) is 0 Å². The average Bonchev–Trinajstić information content (AvgIpc) is 3.20. The summed E-state index contributed by atoms with van der Waals surface area (Å²) in [5, 5.41) is 0. The number of nitrogens with zero attached hydrogens (tertiary/aromatic N) is 2. The lowest BCUT2D eigenvalue weighted by atomic mass is 10.0. The van der Waals surface area contributed by atoms with Gasteiger partial charge in [0.05, 0.1) is 26.6 Å². The number of carbonyl (C=O) groups is 1. The lowest BCUT2D eigenvalue weighted by Gasteiger charge is -2.13. The van der Waals surface area contributed by atoms with Crippen LogP contribution in [0, 0.1) is 6.92 Å². The van der Waals surface area contributed by atoms with E-state index in [1.807, 2.05) is 54.0 Å². The largest absolute Gasteiger partial charge is 0.396 e. The minimum atomic E-state index is -4.07. The number of fused-ring (bicyclic) bond motifs is 1. The van der Waals surface area contributed by atoms with Crippen molar-refractivity contribution in [1.29, 1.82) is 0 Å². The standard InChI is InChI=1S/C28H24N4O3S/c1-18-31-27-23(32(18)17-19-12-14-21(15-13-19)20-8-4-2-5-9-20)16-24(25(26(27)29)28(30)33)36(34,35)22-10-6-3-7-11-22/h2-16H,17,29H2,1H3,(H2,30,33). The molecule has 4 N–H and O–H groups in total. The smallest absolute Gasteiger partial charge is 0.252 e. The highest BCUT2D eigenvalue weighted by Gasteiger charge is 2.29. The Morgan fingerprint density at radius 2 is 1.47 bits per heavy atom. The summed E-state index contributed by atoms with van der Waals surface area (Å²) in [4.78, 5) is 16.7. The molecule has 0 aliphatic heterocycles. The fourth-order valence-electron chi connectivity index (χ4n) is 4.38. The number of benzene rings is 4. The number of carbonyl (C=O) groups excluding carboxylic acids is 1. The van der Waals surface area contributed by atoms with Crippen LogP contribution < -0.4 is 11.5 Å². The highest BCUT2D eigenvalue weighted by Crippen LogP contribution is 2.34. The molecule has 1 amide bonds. The molecule has 1 heterocycles. The molecular formula is C28H24N4O3S. The Balaban J connectivity index is 1.63. The van der Waals surface area contributed by atoms with Crippen LogP contribution in [-0.2, 0) is 16.4 Å². The quantitative estimate of drug-likeness (QED) is 0.334. The molecule has 1 aromatic heterocycles. The van der Waals surface area contributed by atoms with E-state index >= 15 is 0 Å². The number of nitrogens with two attached hydrogens (primary N) is 2. The number of primary amides is 1. The zero-order valence-electron chi connectivity index (χ0n) is 19.5. The first-order valence-electron chi connectivity index (χ1n) is 11.3. The van der Waals surface area contributed by atoms with Crippen LogP contribution in [0.25, 0.3) is 22.2 Å². The zero-order valence-corrected chi connectivity index (χ0v) is 20.4. The molecule has 4 aromatic carbocycles. The van der Waals surface area contributed by atoms with Gasteiger partial charge in [-0.1, -0.05) is 72.8 Å². The fourth-order valence-corrected chi connectivity index (χ4v) is 5.90. The van der Waals surface area contributed by atoms with Crippen molar-refractivity contribution in [2.75, 3.05) is 5.73 Å². The second-order valence-corrected chi connectivity index (χ2v) is 10.4. The van der Waals surface area contributed by atoms with Crippen molar-refractivity contribution in [2.24, 2.45) is 5.73 Å². The van der Waals surface area contributed by atoms with Crippen molar-refractivity contribution in [3.8, 4) is 11.1 Å². The highest BCUT2D eigenvalue weighted by atomic mass is 32.2. The van der Waals surface area contributed by atoms with Crippen LogP contribution in [0.15, 0.2) is 101 Å². The Morgan fingerprint density at radius 1 is 0.889 bits per heavy atom. The first-order chi connectivity index (χ1) is 17.3. The number of nitrogen functional groups attached to an aromatic ring is 1. The van der Waals surface area contributed by atoms with E-state index in [4.69, 9.17) is 11.5 Å². The van der Waals surface area contributed by atoms with Crippen LogP contribution >= 0.6 is 0 Å². The molecule has 0 aliphatic carbocycles. The second kappa shape index (κ2) is 8.98. The van der Waals surface area contributed by atoms with Crippen molar-refractivity contribution in [2.45, 2.75) is 23.3 Å². The molecule has 0 aliphatic rings. The zero-order chi connectivity index (χ0) is 25.4. The molecule has 5 aromatic rings. The monoisotopic (exact) mass is 496 g/mol. The molecule has 8 heteroatoms. The Labute approximate surface area is 208 Å². The van der Waals surface area contributed by atoms with Crippen LogP contribution in [0.5, 0.6) is 0 Å². The van der Waals surface area contributed by atoms with Gasteiger partial charge in [-0.25, -0.2) is 13.4 Å². The van der Waals surface area contributed by atoms with E-state index in [0.717, 1.165) is 16.7 Å². The molecule has 36 heavy (non-hydrogen) atoms. The van der Waals surface area contributed by atoms with Crippen molar-refractivity contribution >= 4 is 32.5 Å². The Kier molecular flexibility index (Phi) is 5.81. The van der Waals surface area contributed by atoms with Crippen LogP contribution in [-0.4, -0.2) is 23.9 Å². The van der Waals surface area contributed by atoms with Gasteiger partial charge in [-0.15, -0.1) is 0 Å². The third-order valence-corrected chi connectivity index (χ3v) is 8.02. The van der Waals surface area contributed by atoms with Crippen LogP contribution in [0.1, 0.15) is 21.7 Å². The number of sulfone groups is 1. The molecule has 180 valence electrons. The molecule has 7 nitrogen and oxygen atoms in total. The van der Waals surface area contributed by atoms with Crippen LogP contribution in [0.2, 0.25) is 0 Å². The van der Waals surface area contributed by atoms with Crippen molar-refractivity contribution in [1.82, 2.24) is 9.55 Å². The summed E-state index contributed by atoms with van der Waals surface area (Å²) in [6.45, 7) is 2.25. The number of aryl methyl sites for hydroxylation is 1. The SMILES string of the molecule is Cc1nc2c(N)c(C(N)=O)c(S(=O)(=O)c3ccccc3)cc2n1Cc1ccc(-c2ccccc2)cc1. The summed E-state index contributed by atoms with van der Waals surface area (Å²) < 4.78 is 28.9. The fraction of sp³-hybridized carbons (Fsp3) is 0.0714. The number of amides is 1. The maximum absolute atomic E-state index is 13.5. The van der Waals surface area contributed by atoms with Gasteiger partial charge >= 0.3 is 0 Å². The summed E-state index contributed by atoms with van der Waals surface area (Å²) in [7, 11) is -4.07. The molecule has 0 atom stereocenters. The summed E-state index contributed by atoms with van der Waals surface area (Å²) in [6, 6.07) is 27.6. The Morgan fingerprint density at radius 3 is 2.08 bits per heavy atom. The van der Waals surface area contributed by atoms with Gasteiger partial charge in [0, 0.05) is 6.54 Å². The molecule has 0 spiro atoms. The number of hydrogen-bond acceptors (Lipinski definition) is 5. The van der Waals surface area contributed by atoms with E-state index in [1.165, 1.54) is 18.2 Å². The highest BCUT2D eigenvalue weighted by molar-refractivity contribution is 7.91. The van der Waals surface area contributed by atoms with Crippen LogP contribution in [0.3, 0.4) is 0 Å². The van der Waals surface area contributed by atoms with E-state index in [2.05, 4.69) is 17.1 Å². The van der Waals surface area contributed by atoms with E-state index in [0.29, 0.717) is 23.4 Å². The van der Waals surface area contributed by atoms with Crippen LogP contribution in [0.4, 0.5) is 5.69 Å². The first-order valence-corrected chi connectivity index (χ1v) is 12.8. The van der Waals surface area contributed by atoms with Gasteiger partial charge in [0.1, 0.15) is 11.3 Å². The third-order valence-electron chi connectivity index (χ3n) is 6.23. The van der Waals surface area contributed by atoms with E-state index in [-0.39, 0.29) is 21.0 Å². The van der Waals surface area contributed by atoms with Gasteiger partial charge in [0.2, 0.25) is 9.84 Å². The summed E-state index contributed by atoms with van der Waals surface area (Å²) in [5.74, 6) is -0.291. The van der Waals surface area contributed by atoms with Gasteiger partial charge in [0.25, 0.3) is 5.91 Å². The average molecular weight is 497 g/mol. The first kappa shape index (κ1) is 23.3. The lowest BCUT2D eigenvalue weighted by molar-refractivity contribution is 0.0998. The molecule has 0 saturated carbocycles. The number of aromatic nitrogens is 2. The molecule has 0 bridgehead atoms. The number of hydrogen-bond donors (Lipinski definition) is 2. The Bertz CT molecular complexity index is 1690. The Hall–Kier alpha value is -4.43. The lowest BCUT2D eigenvalue weighted by Crippen LogP contribution is -2.19. The number of imidazole rings is 1. The normalized spacial score (nSPS) is 11.6. The predicted octanol–water partition coefficient (Wildman–Crippen LogP) is 4.57. The van der Waals surface area contributed by atoms with Crippen molar-refractivity contribution in [3.63, 3.8) is 0 Å². The summed E-state index contributed by atoms with van der Waals surface area (Å²) in [5.41, 5.74) is 15.7. The molecule has 0 fully saturated rings. The van der Waals surface area contributed by atoms with Crippen molar-refractivity contribution in [3.05, 3.63) is 108 Å². The maximum Gasteiger partial charge on any atom is 0.252 e.